The van der Waals surface area contributed by atoms with Crippen LogP contribution in [-0.4, -0.2) is 10.2 Å². The minimum atomic E-state index is -0.115. The average molecular weight is 458 g/mol. The van der Waals surface area contributed by atoms with Crippen molar-refractivity contribution in [3.63, 3.8) is 0 Å². The summed E-state index contributed by atoms with van der Waals surface area (Å²) in [6.45, 7) is 0. The third kappa shape index (κ3) is 3.37. The molecule has 1 fully saturated rings. The van der Waals surface area contributed by atoms with Crippen molar-refractivity contribution in [2.24, 2.45) is 0 Å². The highest BCUT2D eigenvalue weighted by atomic mass is 127. The molecule has 6 heteroatoms. The van der Waals surface area contributed by atoms with Gasteiger partial charge in [-0.25, -0.2) is 0 Å². The highest BCUT2D eigenvalue weighted by molar-refractivity contribution is 14.1. The van der Waals surface area contributed by atoms with Crippen LogP contribution < -0.4 is 4.90 Å². The number of carbonyl (C=O) groups is 1. The van der Waals surface area contributed by atoms with Crippen LogP contribution >= 0.6 is 58.2 Å². The normalized spacial score (nSPS) is 16.6. The number of benzene rings is 2. The van der Waals surface area contributed by atoms with E-state index in [2.05, 4.69) is 22.6 Å². The first-order valence-electron chi connectivity index (χ1n) is 6.34. The first-order chi connectivity index (χ1) is 10.5. The maximum atomic E-state index is 12.6. The third-order valence-electron chi connectivity index (χ3n) is 3.03. The maximum Gasteiger partial charge on any atom is 0.270 e. The Morgan fingerprint density at radius 2 is 1.91 bits per heavy atom. The zero-order valence-corrected chi connectivity index (χ0v) is 15.7. The molecule has 0 spiro atoms. The predicted octanol–water partition coefficient (Wildman–Crippen LogP) is 5.35. The molecule has 110 valence electrons. The van der Waals surface area contributed by atoms with Crippen LogP contribution in [0.15, 0.2) is 53.4 Å². The zero-order valence-electron chi connectivity index (χ0n) is 11.1. The summed E-state index contributed by atoms with van der Waals surface area (Å²) < 4.78 is 1.67. The van der Waals surface area contributed by atoms with Crippen molar-refractivity contribution in [3.8, 4) is 0 Å². The smallest absolute Gasteiger partial charge is 0.268 e. The summed E-state index contributed by atoms with van der Waals surface area (Å²) in [6.07, 6.45) is 1.86. The lowest BCUT2D eigenvalue weighted by molar-refractivity contribution is -0.113. The average Bonchev–Trinajstić information content (AvgIpc) is 2.76. The topological polar surface area (TPSA) is 20.3 Å². The van der Waals surface area contributed by atoms with E-state index in [-0.39, 0.29) is 5.91 Å². The van der Waals surface area contributed by atoms with Crippen LogP contribution in [0, 0.1) is 3.57 Å². The minimum absolute atomic E-state index is 0.115. The number of halogens is 2. The lowest BCUT2D eigenvalue weighted by atomic mass is 10.2. The summed E-state index contributed by atoms with van der Waals surface area (Å²) >= 11 is 14.9. The standard InChI is InChI=1S/C16H9ClINOS2/c17-11-2-1-3-13(9-11)19-15(20)14(22-16(19)21)8-10-4-6-12(18)7-5-10/h1-9H/b14-8-. The van der Waals surface area contributed by atoms with E-state index in [1.54, 1.807) is 18.2 Å². The molecular formula is C16H9ClINOS2. The molecule has 1 aliphatic heterocycles. The van der Waals surface area contributed by atoms with Gasteiger partial charge in [0.25, 0.3) is 5.91 Å². The number of hydrogen-bond donors (Lipinski definition) is 0. The molecule has 2 aromatic rings. The number of anilines is 1. The first-order valence-corrected chi connectivity index (χ1v) is 9.02. The van der Waals surface area contributed by atoms with Crippen molar-refractivity contribution >= 4 is 80.2 Å². The van der Waals surface area contributed by atoms with Crippen molar-refractivity contribution < 1.29 is 4.79 Å². The van der Waals surface area contributed by atoms with Gasteiger partial charge in [0.15, 0.2) is 4.32 Å². The summed E-state index contributed by atoms with van der Waals surface area (Å²) in [5.41, 5.74) is 1.67. The van der Waals surface area contributed by atoms with Crippen molar-refractivity contribution in [1.29, 1.82) is 0 Å². The molecule has 1 amide bonds. The highest BCUT2D eigenvalue weighted by Gasteiger charge is 2.33. The van der Waals surface area contributed by atoms with E-state index in [0.717, 1.165) is 9.13 Å². The molecule has 0 saturated carbocycles. The van der Waals surface area contributed by atoms with Crippen molar-refractivity contribution in [1.82, 2.24) is 0 Å². The minimum Gasteiger partial charge on any atom is -0.268 e. The van der Waals surface area contributed by atoms with Gasteiger partial charge in [-0.15, -0.1) is 0 Å². The zero-order chi connectivity index (χ0) is 15.7. The van der Waals surface area contributed by atoms with Crippen LogP contribution in [0.3, 0.4) is 0 Å². The SMILES string of the molecule is O=C1/C(=C/c2ccc(I)cc2)SC(=S)N1c1cccc(Cl)c1. The lowest BCUT2D eigenvalue weighted by Crippen LogP contribution is -2.27. The second kappa shape index (κ2) is 6.70. The Balaban J connectivity index is 1.93. The van der Waals surface area contributed by atoms with Crippen LogP contribution in [0.4, 0.5) is 5.69 Å². The Labute approximate surface area is 156 Å². The highest BCUT2D eigenvalue weighted by Crippen LogP contribution is 2.36. The van der Waals surface area contributed by atoms with Crippen LogP contribution in [0.5, 0.6) is 0 Å². The van der Waals surface area contributed by atoms with E-state index < -0.39 is 0 Å². The molecule has 0 N–H and O–H groups in total. The van der Waals surface area contributed by atoms with Gasteiger partial charge in [-0.05, 0) is 64.6 Å². The largest absolute Gasteiger partial charge is 0.270 e. The Morgan fingerprint density at radius 1 is 1.18 bits per heavy atom. The Hall–Kier alpha value is -0.890. The van der Waals surface area contributed by atoms with Crippen molar-refractivity contribution in [2.45, 2.75) is 0 Å². The number of carbonyl (C=O) groups excluding carboxylic acids is 1. The maximum absolute atomic E-state index is 12.6. The van der Waals surface area contributed by atoms with E-state index in [1.807, 2.05) is 36.4 Å². The second-order valence-corrected chi connectivity index (χ2v) is 7.91. The van der Waals surface area contributed by atoms with Gasteiger partial charge in [-0.3, -0.25) is 9.69 Å². The number of amides is 1. The molecule has 0 bridgehead atoms. The summed E-state index contributed by atoms with van der Waals surface area (Å²) in [5, 5.41) is 0.577. The third-order valence-corrected chi connectivity index (χ3v) is 5.28. The monoisotopic (exact) mass is 457 g/mol. The lowest BCUT2D eigenvalue weighted by Gasteiger charge is -2.14. The molecule has 0 atom stereocenters. The fourth-order valence-corrected chi connectivity index (χ4v) is 3.86. The molecular weight excluding hydrogens is 449 g/mol. The number of rotatable bonds is 2. The Kier molecular flexibility index (Phi) is 4.87. The molecule has 0 radical (unpaired) electrons. The summed E-state index contributed by atoms with van der Waals surface area (Å²) in [5.74, 6) is -0.115. The first kappa shape index (κ1) is 16.0. The summed E-state index contributed by atoms with van der Waals surface area (Å²) in [4.78, 5) is 14.7. The van der Waals surface area contributed by atoms with Crippen LogP contribution in [0.25, 0.3) is 6.08 Å². The van der Waals surface area contributed by atoms with E-state index in [1.165, 1.54) is 16.7 Å². The molecule has 0 unspecified atom stereocenters. The van der Waals surface area contributed by atoms with Gasteiger partial charge in [-0.1, -0.05) is 53.8 Å². The van der Waals surface area contributed by atoms with E-state index in [9.17, 15) is 4.79 Å². The molecule has 22 heavy (non-hydrogen) atoms. The molecule has 1 saturated heterocycles. The van der Waals surface area contributed by atoms with Gasteiger partial charge >= 0.3 is 0 Å². The van der Waals surface area contributed by atoms with Crippen molar-refractivity contribution in [2.75, 3.05) is 4.90 Å². The fraction of sp³-hybridized carbons (Fsp3) is 0. The van der Waals surface area contributed by atoms with Crippen molar-refractivity contribution in [3.05, 3.63) is 67.6 Å². The number of thioether (sulfide) groups is 1. The number of nitrogens with zero attached hydrogens (tertiary/aromatic N) is 1. The Morgan fingerprint density at radius 3 is 2.59 bits per heavy atom. The quantitative estimate of drug-likeness (QED) is 0.344. The van der Waals surface area contributed by atoms with Gasteiger partial charge in [0, 0.05) is 8.59 Å². The van der Waals surface area contributed by atoms with E-state index in [4.69, 9.17) is 23.8 Å². The van der Waals surface area contributed by atoms with Crippen LogP contribution in [-0.2, 0) is 4.79 Å². The molecule has 1 heterocycles. The van der Waals surface area contributed by atoms with Gasteiger partial charge in [0.2, 0.25) is 0 Å². The molecule has 0 aromatic heterocycles. The molecule has 0 aliphatic carbocycles. The summed E-state index contributed by atoms with van der Waals surface area (Å²) in [6, 6.07) is 15.1. The van der Waals surface area contributed by atoms with Gasteiger partial charge in [-0.2, -0.15) is 0 Å². The number of thiocarbonyl (C=S) groups is 1. The van der Waals surface area contributed by atoms with E-state index >= 15 is 0 Å². The fourth-order valence-electron chi connectivity index (χ4n) is 2.02. The molecule has 2 nitrogen and oxygen atoms in total. The molecule has 3 rings (SSSR count). The second-order valence-electron chi connectivity index (χ2n) is 4.55. The van der Waals surface area contributed by atoms with E-state index in [0.29, 0.717) is 19.9 Å². The molecule has 2 aromatic carbocycles. The molecule has 1 aliphatic rings. The predicted molar refractivity (Wildman–Crippen MR) is 106 cm³/mol. The van der Waals surface area contributed by atoms with Crippen LogP contribution in [0.2, 0.25) is 5.02 Å². The van der Waals surface area contributed by atoms with Crippen LogP contribution in [0.1, 0.15) is 5.56 Å². The van der Waals surface area contributed by atoms with Gasteiger partial charge < -0.3 is 0 Å². The summed E-state index contributed by atoms with van der Waals surface area (Å²) in [7, 11) is 0. The number of hydrogen-bond acceptors (Lipinski definition) is 3. The van der Waals surface area contributed by atoms with Gasteiger partial charge in [0.05, 0.1) is 10.6 Å². The van der Waals surface area contributed by atoms with Gasteiger partial charge in [0.1, 0.15) is 0 Å². The Bertz CT molecular complexity index is 789.